The number of carbonyl (C=O) groups excluding carboxylic acids is 1. The molecule has 0 unspecified atom stereocenters. The van der Waals surface area contributed by atoms with E-state index < -0.39 is 0 Å². The van der Waals surface area contributed by atoms with Crippen molar-refractivity contribution in [1.29, 1.82) is 0 Å². The summed E-state index contributed by atoms with van der Waals surface area (Å²) in [6.07, 6.45) is 0.425. The summed E-state index contributed by atoms with van der Waals surface area (Å²) in [4.78, 5) is 13.6. The quantitative estimate of drug-likeness (QED) is 0.831. The van der Waals surface area contributed by atoms with E-state index in [2.05, 4.69) is 26.5 Å². The van der Waals surface area contributed by atoms with Crippen molar-refractivity contribution in [2.75, 3.05) is 24.8 Å². The fraction of sp³-hybridized carbons (Fsp3) is 0.500. The van der Waals surface area contributed by atoms with Crippen molar-refractivity contribution in [3.63, 3.8) is 0 Å². The average Bonchev–Trinajstić information content (AvgIpc) is 2.37. The van der Waals surface area contributed by atoms with Gasteiger partial charge in [-0.25, -0.2) is 0 Å². The zero-order chi connectivity index (χ0) is 13.7. The van der Waals surface area contributed by atoms with Crippen LogP contribution in [0.3, 0.4) is 0 Å². The predicted octanol–water partition coefficient (Wildman–Crippen LogP) is 3.10. The number of benzene rings is 1. The number of anilines is 1. The van der Waals surface area contributed by atoms with E-state index in [1.54, 1.807) is 19.1 Å². The summed E-state index contributed by atoms with van der Waals surface area (Å²) in [5, 5.41) is 0. The van der Waals surface area contributed by atoms with E-state index in [0.717, 1.165) is 11.4 Å². The molecule has 3 nitrogen and oxygen atoms in total. The van der Waals surface area contributed by atoms with Crippen LogP contribution in [0.15, 0.2) is 18.2 Å². The third-order valence-corrected chi connectivity index (χ3v) is 3.15. The van der Waals surface area contributed by atoms with Gasteiger partial charge in [-0.05, 0) is 29.4 Å². The Kier molecular flexibility index (Phi) is 5.54. The summed E-state index contributed by atoms with van der Waals surface area (Å²) >= 11 is 4.09. The van der Waals surface area contributed by atoms with Crippen LogP contribution in [0, 0.1) is 0 Å². The van der Waals surface area contributed by atoms with Crippen molar-refractivity contribution < 1.29 is 9.53 Å². The van der Waals surface area contributed by atoms with Crippen molar-refractivity contribution in [3.8, 4) is 5.75 Å². The molecular weight excluding hydrogens is 246 g/mol. The van der Waals surface area contributed by atoms with Gasteiger partial charge in [0.05, 0.1) is 12.8 Å². The van der Waals surface area contributed by atoms with Gasteiger partial charge in [-0.3, -0.25) is 4.79 Å². The number of methoxy groups -OCH3 is 1. The molecular formula is C14H21NO2S. The van der Waals surface area contributed by atoms with E-state index in [1.165, 1.54) is 5.56 Å². The minimum Gasteiger partial charge on any atom is -0.495 e. The molecule has 0 saturated heterocycles. The topological polar surface area (TPSA) is 29.5 Å². The average molecular weight is 267 g/mol. The molecule has 1 amide bonds. The zero-order valence-electron chi connectivity index (χ0n) is 11.4. The monoisotopic (exact) mass is 267 g/mol. The minimum absolute atomic E-state index is 0.0456. The molecule has 0 fully saturated rings. The second kappa shape index (κ2) is 6.69. The SMILES string of the molecule is COc1ccc(C(C)C)cc1N(C)C(=O)CCS. The summed E-state index contributed by atoms with van der Waals surface area (Å²) in [6.45, 7) is 4.25. The van der Waals surface area contributed by atoms with Crippen LogP contribution in [-0.4, -0.2) is 25.8 Å². The number of hydrogen-bond acceptors (Lipinski definition) is 3. The van der Waals surface area contributed by atoms with Crippen molar-refractivity contribution in [3.05, 3.63) is 23.8 Å². The molecule has 0 aliphatic rings. The van der Waals surface area contributed by atoms with E-state index in [1.807, 2.05) is 18.2 Å². The Balaban J connectivity index is 3.11. The summed E-state index contributed by atoms with van der Waals surface area (Å²) in [5.74, 6) is 1.73. The van der Waals surface area contributed by atoms with E-state index in [0.29, 0.717) is 18.1 Å². The standard InChI is InChI=1S/C14H21NO2S/c1-10(2)11-5-6-13(17-4)12(9-11)15(3)14(16)7-8-18/h5-6,9-10,18H,7-8H2,1-4H3. The van der Waals surface area contributed by atoms with Crippen molar-refractivity contribution >= 4 is 24.2 Å². The molecule has 4 heteroatoms. The molecule has 0 aliphatic heterocycles. The van der Waals surface area contributed by atoms with E-state index in [-0.39, 0.29) is 5.91 Å². The van der Waals surface area contributed by atoms with Crippen LogP contribution in [0.5, 0.6) is 5.75 Å². The van der Waals surface area contributed by atoms with Gasteiger partial charge in [-0.1, -0.05) is 19.9 Å². The summed E-state index contributed by atoms with van der Waals surface area (Å²) < 4.78 is 5.32. The van der Waals surface area contributed by atoms with Crippen LogP contribution >= 0.6 is 12.6 Å². The highest BCUT2D eigenvalue weighted by Gasteiger charge is 2.15. The predicted molar refractivity (Wildman–Crippen MR) is 79.0 cm³/mol. The number of ether oxygens (including phenoxy) is 1. The van der Waals surface area contributed by atoms with Crippen LogP contribution in [0.2, 0.25) is 0 Å². The first-order chi connectivity index (χ1) is 8.51. The van der Waals surface area contributed by atoms with E-state index in [9.17, 15) is 4.79 Å². The van der Waals surface area contributed by atoms with Crippen LogP contribution in [-0.2, 0) is 4.79 Å². The normalized spacial score (nSPS) is 10.6. The Hall–Kier alpha value is -1.16. The minimum atomic E-state index is 0.0456. The van der Waals surface area contributed by atoms with Gasteiger partial charge in [0, 0.05) is 13.5 Å². The highest BCUT2D eigenvalue weighted by atomic mass is 32.1. The Morgan fingerprint density at radius 1 is 1.44 bits per heavy atom. The lowest BCUT2D eigenvalue weighted by molar-refractivity contribution is -0.117. The molecule has 0 aliphatic carbocycles. The summed E-state index contributed by atoms with van der Waals surface area (Å²) in [7, 11) is 3.39. The highest BCUT2D eigenvalue weighted by Crippen LogP contribution is 2.31. The Bertz CT molecular complexity index is 418. The van der Waals surface area contributed by atoms with Gasteiger partial charge in [-0.2, -0.15) is 12.6 Å². The molecule has 0 radical (unpaired) electrons. The number of thiol groups is 1. The Morgan fingerprint density at radius 2 is 2.11 bits per heavy atom. The maximum Gasteiger partial charge on any atom is 0.227 e. The van der Waals surface area contributed by atoms with Gasteiger partial charge in [-0.15, -0.1) is 0 Å². The fourth-order valence-corrected chi connectivity index (χ4v) is 1.92. The first-order valence-electron chi connectivity index (χ1n) is 6.06. The maximum atomic E-state index is 11.9. The van der Waals surface area contributed by atoms with E-state index in [4.69, 9.17) is 4.74 Å². The Labute approximate surface area is 115 Å². The van der Waals surface area contributed by atoms with Gasteiger partial charge < -0.3 is 9.64 Å². The van der Waals surface area contributed by atoms with Crippen molar-refractivity contribution in [2.45, 2.75) is 26.2 Å². The highest BCUT2D eigenvalue weighted by molar-refractivity contribution is 7.80. The van der Waals surface area contributed by atoms with Gasteiger partial charge in [0.15, 0.2) is 0 Å². The molecule has 1 aromatic carbocycles. The first-order valence-corrected chi connectivity index (χ1v) is 6.69. The number of hydrogen-bond donors (Lipinski definition) is 1. The third kappa shape index (κ3) is 3.42. The largest absolute Gasteiger partial charge is 0.495 e. The van der Waals surface area contributed by atoms with Crippen molar-refractivity contribution in [2.24, 2.45) is 0 Å². The lowest BCUT2D eigenvalue weighted by atomic mass is 10.0. The molecule has 18 heavy (non-hydrogen) atoms. The zero-order valence-corrected chi connectivity index (χ0v) is 12.3. The van der Waals surface area contributed by atoms with Crippen LogP contribution in [0.4, 0.5) is 5.69 Å². The summed E-state index contributed by atoms with van der Waals surface area (Å²) in [6, 6.07) is 5.96. The van der Waals surface area contributed by atoms with Crippen molar-refractivity contribution in [1.82, 2.24) is 0 Å². The first kappa shape index (κ1) is 14.9. The second-order valence-corrected chi connectivity index (χ2v) is 4.96. The van der Waals surface area contributed by atoms with E-state index >= 15 is 0 Å². The molecule has 0 N–H and O–H groups in total. The molecule has 1 rings (SSSR count). The number of nitrogens with zero attached hydrogens (tertiary/aromatic N) is 1. The molecule has 0 saturated carbocycles. The second-order valence-electron chi connectivity index (χ2n) is 4.51. The fourth-order valence-electron chi connectivity index (χ4n) is 1.73. The molecule has 0 aromatic heterocycles. The number of carbonyl (C=O) groups is 1. The third-order valence-electron chi connectivity index (χ3n) is 2.93. The Morgan fingerprint density at radius 3 is 2.61 bits per heavy atom. The van der Waals surface area contributed by atoms with Gasteiger partial charge in [0.25, 0.3) is 0 Å². The van der Waals surface area contributed by atoms with Gasteiger partial charge >= 0.3 is 0 Å². The molecule has 0 spiro atoms. The van der Waals surface area contributed by atoms with Gasteiger partial charge in [0.1, 0.15) is 5.75 Å². The molecule has 0 bridgehead atoms. The lowest BCUT2D eigenvalue weighted by Crippen LogP contribution is -2.26. The number of rotatable bonds is 5. The molecule has 100 valence electrons. The number of amides is 1. The van der Waals surface area contributed by atoms with Crippen LogP contribution < -0.4 is 9.64 Å². The summed E-state index contributed by atoms with van der Waals surface area (Å²) in [5.41, 5.74) is 2.01. The van der Waals surface area contributed by atoms with Crippen LogP contribution in [0.25, 0.3) is 0 Å². The molecule has 1 aromatic rings. The molecule has 0 heterocycles. The molecule has 0 atom stereocenters. The van der Waals surface area contributed by atoms with Crippen LogP contribution in [0.1, 0.15) is 31.7 Å². The smallest absolute Gasteiger partial charge is 0.227 e. The lowest BCUT2D eigenvalue weighted by Gasteiger charge is -2.21. The van der Waals surface area contributed by atoms with Gasteiger partial charge in [0.2, 0.25) is 5.91 Å². The maximum absolute atomic E-state index is 11.9.